The van der Waals surface area contributed by atoms with Crippen LogP contribution < -0.4 is 0 Å². The molecule has 0 aromatic heterocycles. The van der Waals surface area contributed by atoms with Crippen LogP contribution in [0.4, 0.5) is 0 Å². The third-order valence-electron chi connectivity index (χ3n) is 5.35. The van der Waals surface area contributed by atoms with Crippen molar-refractivity contribution >= 4 is 37.5 Å². The summed E-state index contributed by atoms with van der Waals surface area (Å²) in [6, 6.07) is 16.4. The maximum absolute atomic E-state index is 13.4. The Hall–Kier alpha value is -2.25. The minimum absolute atomic E-state index is 0.148. The topological polar surface area (TPSA) is 66.8 Å². The van der Waals surface area contributed by atoms with Crippen LogP contribution in [0.1, 0.15) is 18.4 Å². The summed E-state index contributed by atoms with van der Waals surface area (Å²) >= 11 is 3.36. The highest BCUT2D eigenvalue weighted by molar-refractivity contribution is 9.10. The van der Waals surface area contributed by atoms with E-state index in [1.54, 1.807) is 29.2 Å². The minimum Gasteiger partial charge on any atom is -0.339 e. The summed E-state index contributed by atoms with van der Waals surface area (Å²) in [7, 11) is -2.90. The van der Waals surface area contributed by atoms with Gasteiger partial charge in [-0.05, 0) is 48.7 Å². The van der Waals surface area contributed by atoms with Crippen molar-refractivity contribution < 1.29 is 13.8 Å². The predicted molar refractivity (Wildman–Crippen MR) is 118 cm³/mol. The van der Waals surface area contributed by atoms with Gasteiger partial charge in [0.25, 0.3) is 5.91 Å². The number of halogens is 1. The van der Waals surface area contributed by atoms with Crippen LogP contribution in [0.3, 0.4) is 0 Å². The number of carbonyl (C=O) groups excluding carboxylic acids is 2. The van der Waals surface area contributed by atoms with Gasteiger partial charge in [0.05, 0.1) is 15.1 Å². The van der Waals surface area contributed by atoms with E-state index < -0.39 is 21.1 Å². The van der Waals surface area contributed by atoms with Gasteiger partial charge in [0.1, 0.15) is 0 Å². The smallest absolute Gasteiger partial charge is 0.264 e. The highest BCUT2D eigenvalue weighted by atomic mass is 79.9. The molecular weight excluding hydrogens is 452 g/mol. The summed E-state index contributed by atoms with van der Waals surface area (Å²) in [5, 5.41) is 0. The molecule has 5 nitrogen and oxygen atoms in total. The maximum Gasteiger partial charge on any atom is 0.264 e. The van der Waals surface area contributed by atoms with Crippen molar-refractivity contribution in [3.05, 3.63) is 77.3 Å². The number of piperidine rings is 1. The molecule has 7 heteroatoms. The van der Waals surface area contributed by atoms with Crippen LogP contribution in [-0.4, -0.2) is 40.3 Å². The van der Waals surface area contributed by atoms with Gasteiger partial charge in [-0.3, -0.25) is 9.59 Å². The first-order chi connectivity index (χ1) is 13.8. The third kappa shape index (κ3) is 4.51. The Kier molecular flexibility index (Phi) is 6.39. The Balaban J connectivity index is 2.00. The molecule has 2 aromatic rings. The van der Waals surface area contributed by atoms with Gasteiger partial charge in [0.15, 0.2) is 0 Å². The number of rotatable bonds is 4. The zero-order chi connectivity index (χ0) is 21.1. The van der Waals surface area contributed by atoms with Crippen LogP contribution >= 0.6 is 15.9 Å². The zero-order valence-corrected chi connectivity index (χ0v) is 18.6. The first-order valence-corrected chi connectivity index (χ1v) is 12.0. The molecule has 0 bridgehead atoms. The molecule has 1 atom stereocenters. The Labute approximate surface area is 180 Å². The van der Waals surface area contributed by atoms with Crippen molar-refractivity contribution in [2.75, 3.05) is 19.3 Å². The van der Waals surface area contributed by atoms with Crippen LogP contribution in [0, 0.1) is 0 Å². The summed E-state index contributed by atoms with van der Waals surface area (Å²) in [4.78, 5) is 27.6. The van der Waals surface area contributed by atoms with E-state index in [1.165, 1.54) is 12.3 Å². The number of hydrogen-bond donors (Lipinski definition) is 0. The summed E-state index contributed by atoms with van der Waals surface area (Å²) in [5.41, 5.74) is -0.0572. The summed E-state index contributed by atoms with van der Waals surface area (Å²) < 4.78 is 18.3. The van der Waals surface area contributed by atoms with E-state index in [4.69, 9.17) is 0 Å². The molecule has 1 fully saturated rings. The Morgan fingerprint density at radius 3 is 2.24 bits per heavy atom. The normalized spacial score (nSPS) is 17.8. The quantitative estimate of drug-likeness (QED) is 0.624. The molecule has 29 heavy (non-hydrogen) atoms. The average Bonchev–Trinajstić information content (AvgIpc) is 2.73. The van der Waals surface area contributed by atoms with Gasteiger partial charge in [-0.15, -0.1) is 0 Å². The van der Waals surface area contributed by atoms with Crippen molar-refractivity contribution in [2.45, 2.75) is 23.2 Å². The van der Waals surface area contributed by atoms with E-state index in [-0.39, 0.29) is 5.91 Å². The van der Waals surface area contributed by atoms with Crippen LogP contribution in [0.5, 0.6) is 0 Å². The standard InChI is InChI=1S/C22H23BrN2O3S/c1-3-20(26)25-15-13-22(14-16-25,17-7-5-4-6-8-17)21(27)24-29(2,28)19-11-9-18(23)10-12-19/h3-12H,1,13-16H2,2H3. The average molecular weight is 475 g/mol. The van der Waals surface area contributed by atoms with Crippen molar-refractivity contribution in [2.24, 2.45) is 4.36 Å². The second-order valence-electron chi connectivity index (χ2n) is 7.13. The lowest BCUT2D eigenvalue weighted by Gasteiger charge is -2.39. The molecule has 1 aliphatic heterocycles. The van der Waals surface area contributed by atoms with Gasteiger partial charge in [-0.2, -0.15) is 4.36 Å². The van der Waals surface area contributed by atoms with Gasteiger partial charge in [-0.25, -0.2) is 4.21 Å². The number of carbonyl (C=O) groups is 2. The van der Waals surface area contributed by atoms with Crippen molar-refractivity contribution in [1.29, 1.82) is 0 Å². The summed E-state index contributed by atoms with van der Waals surface area (Å²) in [6.45, 7) is 4.38. The van der Waals surface area contributed by atoms with E-state index >= 15 is 0 Å². The van der Waals surface area contributed by atoms with Crippen LogP contribution in [0.2, 0.25) is 0 Å². The monoisotopic (exact) mass is 474 g/mol. The third-order valence-corrected chi connectivity index (χ3v) is 7.54. The van der Waals surface area contributed by atoms with E-state index in [0.717, 1.165) is 10.0 Å². The van der Waals surface area contributed by atoms with Gasteiger partial charge in [0.2, 0.25) is 5.91 Å². The van der Waals surface area contributed by atoms with Crippen LogP contribution in [0.25, 0.3) is 0 Å². The SMILES string of the molecule is C=CC(=O)N1CCC(C(=O)N=S(C)(=O)c2ccc(Br)cc2)(c2ccccc2)CC1. The number of hydrogen-bond acceptors (Lipinski definition) is 3. The molecule has 0 N–H and O–H groups in total. The highest BCUT2D eigenvalue weighted by Gasteiger charge is 2.44. The molecule has 0 spiro atoms. The summed E-state index contributed by atoms with van der Waals surface area (Å²) in [6.07, 6.45) is 3.63. The summed E-state index contributed by atoms with van der Waals surface area (Å²) in [5.74, 6) is -0.546. The van der Waals surface area contributed by atoms with Gasteiger partial charge >= 0.3 is 0 Å². The van der Waals surface area contributed by atoms with E-state index in [0.29, 0.717) is 30.8 Å². The fourth-order valence-corrected chi connectivity index (χ4v) is 5.11. The minimum atomic E-state index is -2.90. The molecular formula is C22H23BrN2O3S. The van der Waals surface area contributed by atoms with Gasteiger partial charge in [0, 0.05) is 28.7 Å². The molecule has 152 valence electrons. The molecule has 1 unspecified atom stereocenters. The van der Waals surface area contributed by atoms with Gasteiger partial charge in [-0.1, -0.05) is 52.8 Å². The number of nitrogens with zero attached hydrogens (tertiary/aromatic N) is 2. The highest BCUT2D eigenvalue weighted by Crippen LogP contribution is 2.37. The molecule has 0 saturated carbocycles. The molecule has 1 heterocycles. The largest absolute Gasteiger partial charge is 0.339 e. The van der Waals surface area contributed by atoms with Crippen LogP contribution in [0.15, 0.2) is 81.0 Å². The number of likely N-dealkylation sites (tertiary alicyclic amines) is 1. The Morgan fingerprint density at radius 2 is 1.69 bits per heavy atom. The maximum atomic E-state index is 13.4. The lowest BCUT2D eigenvalue weighted by Crippen LogP contribution is -2.48. The molecule has 3 rings (SSSR count). The Bertz CT molecular complexity index is 1030. The van der Waals surface area contributed by atoms with E-state index in [1.807, 2.05) is 30.3 Å². The first-order valence-electron chi connectivity index (χ1n) is 9.27. The van der Waals surface area contributed by atoms with E-state index in [9.17, 15) is 13.8 Å². The van der Waals surface area contributed by atoms with Crippen LogP contribution in [-0.2, 0) is 24.7 Å². The number of benzene rings is 2. The van der Waals surface area contributed by atoms with Crippen molar-refractivity contribution in [1.82, 2.24) is 4.90 Å². The fraction of sp³-hybridized carbons (Fsp3) is 0.273. The molecule has 1 aliphatic rings. The molecule has 2 aromatic carbocycles. The Morgan fingerprint density at radius 1 is 1.10 bits per heavy atom. The number of amides is 2. The first kappa shape index (κ1) is 21.5. The van der Waals surface area contributed by atoms with Crippen molar-refractivity contribution in [3.63, 3.8) is 0 Å². The lowest BCUT2D eigenvalue weighted by molar-refractivity contribution is -0.132. The zero-order valence-electron chi connectivity index (χ0n) is 16.2. The molecule has 2 amide bonds. The second-order valence-corrected chi connectivity index (χ2v) is 10.3. The molecule has 0 aliphatic carbocycles. The second kappa shape index (κ2) is 8.63. The van der Waals surface area contributed by atoms with Gasteiger partial charge < -0.3 is 4.90 Å². The predicted octanol–water partition coefficient (Wildman–Crippen LogP) is 4.18. The fourth-order valence-electron chi connectivity index (χ4n) is 3.61. The molecule has 0 radical (unpaired) electrons. The lowest BCUT2D eigenvalue weighted by atomic mass is 9.72. The van der Waals surface area contributed by atoms with Crippen molar-refractivity contribution in [3.8, 4) is 0 Å². The molecule has 1 saturated heterocycles. The van der Waals surface area contributed by atoms with E-state index in [2.05, 4.69) is 26.9 Å².